The molecule has 0 saturated carbocycles. The molecule has 0 atom stereocenters. The highest BCUT2D eigenvalue weighted by molar-refractivity contribution is 8.04. The van der Waals surface area contributed by atoms with Crippen LogP contribution in [0, 0.1) is 27.7 Å². The van der Waals surface area contributed by atoms with Crippen LogP contribution in [0.4, 0.5) is 16.2 Å². The molecule has 0 unspecified atom stereocenters. The summed E-state index contributed by atoms with van der Waals surface area (Å²) >= 11 is 3.28. The maximum Gasteiger partial charge on any atom is 0.333 e. The molecular formula is C33H38N4O3S2. The lowest BCUT2D eigenvalue weighted by atomic mass is 10.0. The second-order valence-electron chi connectivity index (χ2n) is 10.7. The molecule has 2 aromatic carbocycles. The third-order valence-electron chi connectivity index (χ3n) is 8.18. The SMILES string of the molecule is CCN1C(=O)C(=C(C=C2Sc3cc(C)c(C)cc3N2CC)C=C2Sc3cc(C)c(C)cc3N2CC)C(=O)N(CC)C1=O. The van der Waals surface area contributed by atoms with E-state index in [0.717, 1.165) is 44.3 Å². The van der Waals surface area contributed by atoms with Crippen molar-refractivity contribution in [2.75, 3.05) is 36.0 Å². The molecule has 220 valence electrons. The van der Waals surface area contributed by atoms with Crippen molar-refractivity contribution in [3.63, 3.8) is 0 Å². The molecular weight excluding hydrogens is 565 g/mol. The van der Waals surface area contributed by atoms with Gasteiger partial charge in [-0.3, -0.25) is 19.4 Å². The van der Waals surface area contributed by atoms with Gasteiger partial charge >= 0.3 is 6.03 Å². The van der Waals surface area contributed by atoms with Crippen LogP contribution >= 0.6 is 23.5 Å². The quantitative estimate of drug-likeness (QED) is 0.254. The Kier molecular flexibility index (Phi) is 8.36. The summed E-state index contributed by atoms with van der Waals surface area (Å²) in [5.41, 5.74) is 7.66. The van der Waals surface area contributed by atoms with Gasteiger partial charge in [0.1, 0.15) is 5.57 Å². The van der Waals surface area contributed by atoms with Crippen molar-refractivity contribution in [2.24, 2.45) is 0 Å². The van der Waals surface area contributed by atoms with Gasteiger partial charge in [0.25, 0.3) is 11.8 Å². The molecule has 3 heterocycles. The predicted octanol–water partition coefficient (Wildman–Crippen LogP) is 7.29. The highest BCUT2D eigenvalue weighted by atomic mass is 32.2. The Morgan fingerprint density at radius 2 is 0.952 bits per heavy atom. The number of aryl methyl sites for hydroxylation is 4. The molecule has 2 aromatic rings. The fourth-order valence-corrected chi connectivity index (χ4v) is 8.03. The number of hydrogen-bond donors (Lipinski definition) is 0. The first-order valence-corrected chi connectivity index (χ1v) is 16.2. The number of urea groups is 1. The summed E-state index contributed by atoms with van der Waals surface area (Å²) in [4.78, 5) is 49.8. The minimum Gasteiger partial charge on any atom is -0.335 e. The lowest BCUT2D eigenvalue weighted by Gasteiger charge is -2.33. The predicted molar refractivity (Wildman–Crippen MR) is 173 cm³/mol. The fourth-order valence-electron chi connectivity index (χ4n) is 5.51. The van der Waals surface area contributed by atoms with E-state index in [1.54, 1.807) is 37.4 Å². The second-order valence-corrected chi connectivity index (χ2v) is 12.8. The van der Waals surface area contributed by atoms with Crippen LogP contribution in [-0.4, -0.2) is 53.8 Å². The third kappa shape index (κ3) is 4.96. The van der Waals surface area contributed by atoms with Crippen LogP contribution in [0.5, 0.6) is 0 Å². The van der Waals surface area contributed by atoms with Crippen LogP contribution in [-0.2, 0) is 9.59 Å². The molecule has 9 heteroatoms. The van der Waals surface area contributed by atoms with E-state index in [-0.39, 0.29) is 18.7 Å². The van der Waals surface area contributed by atoms with Gasteiger partial charge in [-0.1, -0.05) is 23.5 Å². The summed E-state index contributed by atoms with van der Waals surface area (Å²) in [5.74, 6) is -1.10. The number of nitrogens with zero attached hydrogens (tertiary/aromatic N) is 4. The molecule has 42 heavy (non-hydrogen) atoms. The Morgan fingerprint density at radius 3 is 1.31 bits per heavy atom. The smallest absolute Gasteiger partial charge is 0.333 e. The minimum absolute atomic E-state index is 0.0261. The first-order valence-electron chi connectivity index (χ1n) is 14.5. The van der Waals surface area contributed by atoms with E-state index in [1.165, 1.54) is 32.1 Å². The lowest BCUT2D eigenvalue weighted by Crippen LogP contribution is -2.56. The minimum atomic E-state index is -0.564. The fraction of sp³-hybridized carbons (Fsp3) is 0.364. The topological polar surface area (TPSA) is 64.2 Å². The lowest BCUT2D eigenvalue weighted by molar-refractivity contribution is -0.135. The first kappa shape index (κ1) is 30.0. The van der Waals surface area contributed by atoms with Gasteiger partial charge in [-0.25, -0.2) is 4.79 Å². The average molecular weight is 603 g/mol. The zero-order valence-corrected chi connectivity index (χ0v) is 27.3. The summed E-state index contributed by atoms with van der Waals surface area (Å²) in [6, 6.07) is 8.24. The van der Waals surface area contributed by atoms with Crippen molar-refractivity contribution in [1.82, 2.24) is 9.80 Å². The third-order valence-corrected chi connectivity index (χ3v) is 10.4. The number of carbonyl (C=O) groups is 3. The molecule has 0 spiro atoms. The maximum absolute atomic E-state index is 13.8. The second kappa shape index (κ2) is 11.7. The average Bonchev–Trinajstić information content (AvgIpc) is 3.44. The molecule has 5 rings (SSSR count). The largest absolute Gasteiger partial charge is 0.335 e. The van der Waals surface area contributed by atoms with Crippen LogP contribution in [0.2, 0.25) is 0 Å². The van der Waals surface area contributed by atoms with Crippen molar-refractivity contribution in [3.8, 4) is 0 Å². The Hall–Kier alpha value is -3.43. The van der Waals surface area contributed by atoms with Gasteiger partial charge in [-0.2, -0.15) is 0 Å². The molecule has 1 fully saturated rings. The van der Waals surface area contributed by atoms with E-state index in [9.17, 15) is 14.4 Å². The zero-order valence-electron chi connectivity index (χ0n) is 25.6. The van der Waals surface area contributed by atoms with E-state index in [4.69, 9.17) is 0 Å². The highest BCUT2D eigenvalue weighted by Gasteiger charge is 2.42. The molecule has 3 aliphatic rings. The summed E-state index contributed by atoms with van der Waals surface area (Å²) < 4.78 is 0. The summed E-state index contributed by atoms with van der Waals surface area (Å²) in [6.45, 7) is 18.0. The number of barbiturate groups is 1. The maximum atomic E-state index is 13.8. The van der Waals surface area contributed by atoms with E-state index in [0.29, 0.717) is 5.57 Å². The van der Waals surface area contributed by atoms with Gasteiger partial charge in [-0.05, 0) is 120 Å². The molecule has 0 aliphatic carbocycles. The van der Waals surface area contributed by atoms with Gasteiger partial charge in [0, 0.05) is 36.0 Å². The molecule has 0 bridgehead atoms. The van der Waals surface area contributed by atoms with Crippen LogP contribution in [0.1, 0.15) is 49.9 Å². The summed E-state index contributed by atoms with van der Waals surface area (Å²) in [5, 5.41) is 1.88. The Labute approximate surface area is 257 Å². The van der Waals surface area contributed by atoms with Gasteiger partial charge in [-0.15, -0.1) is 0 Å². The number of amides is 4. The van der Waals surface area contributed by atoms with Gasteiger partial charge < -0.3 is 9.80 Å². The van der Waals surface area contributed by atoms with Crippen molar-refractivity contribution in [3.05, 3.63) is 79.9 Å². The number of imide groups is 2. The number of rotatable bonds is 6. The normalized spacial score (nSPS) is 18.7. The molecule has 1 saturated heterocycles. The summed E-state index contributed by atoms with van der Waals surface area (Å²) in [7, 11) is 0. The molecule has 7 nitrogen and oxygen atoms in total. The highest BCUT2D eigenvalue weighted by Crippen LogP contribution is 2.49. The number of hydrogen-bond acceptors (Lipinski definition) is 7. The molecule has 0 radical (unpaired) electrons. The van der Waals surface area contributed by atoms with Crippen LogP contribution in [0.15, 0.2) is 67.4 Å². The first-order chi connectivity index (χ1) is 20.0. The van der Waals surface area contributed by atoms with Crippen molar-refractivity contribution < 1.29 is 14.4 Å². The molecule has 4 amide bonds. The van der Waals surface area contributed by atoms with Gasteiger partial charge in [0.15, 0.2) is 0 Å². The van der Waals surface area contributed by atoms with E-state index < -0.39 is 17.8 Å². The number of anilines is 2. The monoisotopic (exact) mass is 602 g/mol. The number of thioether (sulfide) groups is 2. The van der Waals surface area contributed by atoms with Crippen LogP contribution < -0.4 is 9.80 Å². The van der Waals surface area contributed by atoms with Gasteiger partial charge in [0.2, 0.25) is 0 Å². The van der Waals surface area contributed by atoms with E-state index >= 15 is 0 Å². The number of fused-ring (bicyclic) bond motifs is 2. The van der Waals surface area contributed by atoms with Crippen molar-refractivity contribution >= 4 is 52.7 Å². The molecule has 3 aliphatic heterocycles. The van der Waals surface area contributed by atoms with Crippen LogP contribution in [0.25, 0.3) is 0 Å². The molecule has 0 aromatic heterocycles. The number of likely N-dealkylation sites (N-methyl/N-ethyl adjacent to an activating group) is 2. The summed E-state index contributed by atoms with van der Waals surface area (Å²) in [6.07, 6.45) is 3.92. The number of benzene rings is 2. The number of carbonyl (C=O) groups excluding carboxylic acids is 3. The number of allylic oxidation sites excluding steroid dienone is 3. The van der Waals surface area contributed by atoms with Crippen molar-refractivity contribution in [2.45, 2.75) is 65.2 Å². The van der Waals surface area contributed by atoms with Crippen LogP contribution in [0.3, 0.4) is 0 Å². The van der Waals surface area contributed by atoms with Gasteiger partial charge in [0.05, 0.1) is 21.4 Å². The van der Waals surface area contributed by atoms with Crippen molar-refractivity contribution in [1.29, 1.82) is 0 Å². The molecule has 0 N–H and O–H groups in total. The Balaban J connectivity index is 1.73. The standard InChI is InChI=1S/C33H38N4O3S2/c1-9-34-24-13-19(5)21(7)15-26(24)41-28(34)17-23(30-31(38)36(11-3)33(40)37(12-4)32(30)39)18-29-35(10-2)25-14-20(6)22(8)16-27(25)42-29/h13-18H,9-12H2,1-8H3. The Morgan fingerprint density at radius 1 is 0.595 bits per heavy atom. The Bertz CT molecular complexity index is 1490. The van der Waals surface area contributed by atoms with E-state index in [1.807, 2.05) is 12.2 Å². The van der Waals surface area contributed by atoms with E-state index in [2.05, 4.69) is 75.6 Å². The zero-order chi connectivity index (χ0) is 30.5.